The maximum absolute atomic E-state index is 13.0. The van der Waals surface area contributed by atoms with E-state index in [1.165, 1.54) is 0 Å². The molecule has 146 valence electrons. The number of aromatic nitrogens is 3. The first-order valence-corrected chi connectivity index (χ1v) is 10.5. The van der Waals surface area contributed by atoms with Gasteiger partial charge in [0, 0.05) is 42.6 Å². The predicted molar refractivity (Wildman–Crippen MR) is 110 cm³/mol. The largest absolute Gasteiger partial charge is 0.339 e. The van der Waals surface area contributed by atoms with Crippen molar-refractivity contribution in [3.05, 3.63) is 41.0 Å². The highest BCUT2D eigenvalue weighted by Gasteiger charge is 2.29. The van der Waals surface area contributed by atoms with Gasteiger partial charge in [-0.25, -0.2) is 0 Å². The van der Waals surface area contributed by atoms with E-state index in [1.807, 2.05) is 30.2 Å². The quantitative estimate of drug-likeness (QED) is 0.792. The van der Waals surface area contributed by atoms with E-state index in [9.17, 15) is 4.79 Å². The Labute approximate surface area is 170 Å². The number of piperidine rings is 1. The molecule has 1 aromatic heterocycles. The zero-order valence-electron chi connectivity index (χ0n) is 15.8. The zero-order valence-corrected chi connectivity index (χ0v) is 17.4. The summed E-state index contributed by atoms with van der Waals surface area (Å²) in [5.41, 5.74) is 1.88. The van der Waals surface area contributed by atoms with Crippen LogP contribution >= 0.6 is 24.2 Å². The fraction of sp³-hybridized carbons (Fsp3) is 0.526. The van der Waals surface area contributed by atoms with Gasteiger partial charge in [-0.1, -0.05) is 6.07 Å². The summed E-state index contributed by atoms with van der Waals surface area (Å²) in [6, 6.07) is 6.14. The fourth-order valence-corrected chi connectivity index (χ4v) is 4.33. The van der Waals surface area contributed by atoms with Crippen LogP contribution in [0.25, 0.3) is 0 Å². The predicted octanol–water partition coefficient (Wildman–Crippen LogP) is 2.85. The standard InChI is InChI=1S/C19H25N5OS.ClH/c1-13-3-4-15(26-2)11-16(13)19(25)23-8-5-14(6-9-23)18-22-21-17-12-20-7-10-24(17)18;/h3-4,11,14,20H,5-10,12H2,1-2H3;1H. The first-order chi connectivity index (χ1) is 12.7. The summed E-state index contributed by atoms with van der Waals surface area (Å²) in [4.78, 5) is 16.1. The second-order valence-corrected chi connectivity index (χ2v) is 7.93. The molecule has 8 heteroatoms. The van der Waals surface area contributed by atoms with E-state index in [0.29, 0.717) is 5.92 Å². The minimum absolute atomic E-state index is 0. The Balaban J connectivity index is 0.00000210. The summed E-state index contributed by atoms with van der Waals surface area (Å²) in [5, 5.41) is 12.1. The molecule has 1 aromatic carbocycles. The van der Waals surface area contributed by atoms with Crippen LogP contribution in [0.4, 0.5) is 0 Å². The van der Waals surface area contributed by atoms with Gasteiger partial charge in [0.25, 0.3) is 5.91 Å². The Bertz CT molecular complexity index is 816. The molecule has 0 unspecified atom stereocenters. The number of nitrogens with one attached hydrogen (secondary N) is 1. The normalized spacial score (nSPS) is 17.3. The molecular weight excluding hydrogens is 382 g/mol. The molecule has 0 saturated carbocycles. The highest BCUT2D eigenvalue weighted by atomic mass is 35.5. The van der Waals surface area contributed by atoms with Gasteiger partial charge in [-0.15, -0.1) is 34.4 Å². The maximum atomic E-state index is 13.0. The Kier molecular flexibility index (Phi) is 6.44. The van der Waals surface area contributed by atoms with Gasteiger partial charge in [-0.2, -0.15) is 0 Å². The van der Waals surface area contributed by atoms with Gasteiger partial charge in [0.2, 0.25) is 0 Å². The van der Waals surface area contributed by atoms with E-state index in [2.05, 4.69) is 26.1 Å². The van der Waals surface area contributed by atoms with Gasteiger partial charge in [-0.05, 0) is 43.7 Å². The monoisotopic (exact) mass is 407 g/mol. The first kappa shape index (κ1) is 20.2. The van der Waals surface area contributed by atoms with Crippen molar-refractivity contribution in [3.8, 4) is 0 Å². The van der Waals surface area contributed by atoms with Crippen LogP contribution in [0.5, 0.6) is 0 Å². The summed E-state index contributed by atoms with van der Waals surface area (Å²) in [6.07, 6.45) is 3.95. The van der Waals surface area contributed by atoms with Crippen molar-refractivity contribution in [2.24, 2.45) is 0 Å². The first-order valence-electron chi connectivity index (χ1n) is 9.24. The molecule has 0 bridgehead atoms. The number of thioether (sulfide) groups is 1. The van der Waals surface area contributed by atoms with Gasteiger partial charge in [0.1, 0.15) is 11.6 Å². The smallest absolute Gasteiger partial charge is 0.254 e. The van der Waals surface area contributed by atoms with E-state index in [-0.39, 0.29) is 18.3 Å². The summed E-state index contributed by atoms with van der Waals surface area (Å²) >= 11 is 1.67. The molecule has 27 heavy (non-hydrogen) atoms. The number of carbonyl (C=O) groups excluding carboxylic acids is 1. The average molecular weight is 408 g/mol. The Morgan fingerprint density at radius 2 is 2.00 bits per heavy atom. The number of aryl methyl sites for hydroxylation is 1. The third-order valence-electron chi connectivity index (χ3n) is 5.47. The third-order valence-corrected chi connectivity index (χ3v) is 6.20. The molecule has 3 heterocycles. The number of likely N-dealkylation sites (tertiary alicyclic amines) is 1. The third kappa shape index (κ3) is 4.00. The highest BCUT2D eigenvalue weighted by molar-refractivity contribution is 7.98. The Morgan fingerprint density at radius 1 is 1.22 bits per heavy atom. The van der Waals surface area contributed by atoms with Crippen LogP contribution in [-0.4, -0.2) is 51.5 Å². The van der Waals surface area contributed by atoms with Crippen molar-refractivity contribution in [1.82, 2.24) is 25.0 Å². The van der Waals surface area contributed by atoms with E-state index < -0.39 is 0 Å². The number of amides is 1. The van der Waals surface area contributed by atoms with Gasteiger partial charge < -0.3 is 14.8 Å². The number of benzene rings is 1. The molecule has 0 atom stereocenters. The molecule has 0 spiro atoms. The highest BCUT2D eigenvalue weighted by Crippen LogP contribution is 2.29. The number of fused-ring (bicyclic) bond motifs is 1. The van der Waals surface area contributed by atoms with Crippen LogP contribution in [0.2, 0.25) is 0 Å². The van der Waals surface area contributed by atoms with Crippen LogP contribution in [0.15, 0.2) is 23.1 Å². The second kappa shape index (κ2) is 8.63. The van der Waals surface area contributed by atoms with Crippen LogP contribution in [-0.2, 0) is 13.1 Å². The van der Waals surface area contributed by atoms with Crippen molar-refractivity contribution in [3.63, 3.8) is 0 Å². The second-order valence-electron chi connectivity index (χ2n) is 7.05. The molecule has 0 aliphatic carbocycles. The summed E-state index contributed by atoms with van der Waals surface area (Å²) < 4.78 is 2.27. The van der Waals surface area contributed by atoms with Gasteiger partial charge in [-0.3, -0.25) is 4.79 Å². The fourth-order valence-electron chi connectivity index (χ4n) is 3.89. The molecule has 0 radical (unpaired) electrons. The van der Waals surface area contributed by atoms with Gasteiger partial charge in [0.05, 0.1) is 6.54 Å². The van der Waals surface area contributed by atoms with Gasteiger partial charge >= 0.3 is 0 Å². The molecular formula is C19H26ClN5OS. The lowest BCUT2D eigenvalue weighted by Crippen LogP contribution is -2.39. The summed E-state index contributed by atoms with van der Waals surface area (Å²) in [5.74, 6) is 2.70. The van der Waals surface area contributed by atoms with Gasteiger partial charge in [0.15, 0.2) is 0 Å². The van der Waals surface area contributed by atoms with Crippen molar-refractivity contribution in [1.29, 1.82) is 0 Å². The summed E-state index contributed by atoms with van der Waals surface area (Å²) in [7, 11) is 0. The Morgan fingerprint density at radius 3 is 2.74 bits per heavy atom. The molecule has 1 saturated heterocycles. The van der Waals surface area contributed by atoms with Crippen LogP contribution < -0.4 is 5.32 Å². The number of carbonyl (C=O) groups is 1. The molecule has 2 aliphatic rings. The molecule has 2 aromatic rings. The minimum Gasteiger partial charge on any atom is -0.339 e. The number of hydrogen-bond acceptors (Lipinski definition) is 5. The van der Waals surface area contributed by atoms with E-state index in [0.717, 1.165) is 73.2 Å². The number of rotatable bonds is 3. The van der Waals surface area contributed by atoms with Crippen molar-refractivity contribution in [2.75, 3.05) is 25.9 Å². The lowest BCUT2D eigenvalue weighted by molar-refractivity contribution is 0.0709. The van der Waals surface area contributed by atoms with Crippen LogP contribution in [0.1, 0.15) is 46.3 Å². The molecule has 1 N–H and O–H groups in total. The summed E-state index contributed by atoms with van der Waals surface area (Å²) in [6.45, 7) is 6.30. The maximum Gasteiger partial charge on any atom is 0.254 e. The molecule has 1 fully saturated rings. The molecule has 1 amide bonds. The molecule has 4 rings (SSSR count). The molecule has 2 aliphatic heterocycles. The van der Waals surface area contributed by atoms with Crippen molar-refractivity contribution >= 4 is 30.1 Å². The zero-order chi connectivity index (χ0) is 18.1. The number of halogens is 1. The minimum atomic E-state index is 0. The average Bonchev–Trinajstić information content (AvgIpc) is 3.12. The SMILES string of the molecule is CSc1ccc(C)c(C(=O)N2CCC(c3nnc4n3CCNC4)CC2)c1.Cl. The lowest BCUT2D eigenvalue weighted by Gasteiger charge is -2.32. The van der Waals surface area contributed by atoms with Crippen LogP contribution in [0.3, 0.4) is 0 Å². The van der Waals surface area contributed by atoms with Crippen molar-refractivity contribution < 1.29 is 4.79 Å². The lowest BCUT2D eigenvalue weighted by atomic mass is 9.95. The number of nitrogens with zero attached hydrogens (tertiary/aromatic N) is 4. The van der Waals surface area contributed by atoms with E-state index >= 15 is 0 Å². The van der Waals surface area contributed by atoms with E-state index in [1.54, 1.807) is 11.8 Å². The molecule has 6 nitrogen and oxygen atoms in total. The van der Waals surface area contributed by atoms with Crippen LogP contribution in [0, 0.1) is 6.92 Å². The van der Waals surface area contributed by atoms with Crippen molar-refractivity contribution in [2.45, 2.75) is 43.7 Å². The van der Waals surface area contributed by atoms with E-state index in [4.69, 9.17) is 0 Å². The Hall–Kier alpha value is -1.57. The number of hydrogen-bond donors (Lipinski definition) is 1. The topological polar surface area (TPSA) is 63.1 Å².